The van der Waals surface area contributed by atoms with Crippen LogP contribution in [0.4, 0.5) is 23.2 Å². The van der Waals surface area contributed by atoms with E-state index in [0.29, 0.717) is 0 Å². The molecule has 1 aliphatic rings. The molecule has 1 fully saturated rings. The number of carbonyl (C=O) groups is 1. The molecular weight excluding hydrogens is 506 g/mol. The fourth-order valence-electron chi connectivity index (χ4n) is 3.66. The third kappa shape index (κ3) is 5.96. The summed E-state index contributed by atoms with van der Waals surface area (Å²) in [6.07, 6.45) is -0.374. The van der Waals surface area contributed by atoms with Crippen molar-refractivity contribution in [1.82, 2.24) is 9.97 Å². The van der Waals surface area contributed by atoms with Gasteiger partial charge in [-0.15, -0.1) is 0 Å². The number of amides is 1. The molecule has 0 unspecified atom stereocenters. The zero-order valence-electron chi connectivity index (χ0n) is 18.9. The number of aromatic nitrogens is 2. The Kier molecular flexibility index (Phi) is 7.48. The Morgan fingerprint density at radius 3 is 2.56 bits per heavy atom. The van der Waals surface area contributed by atoms with E-state index in [2.05, 4.69) is 15.3 Å². The van der Waals surface area contributed by atoms with Crippen LogP contribution in [0.1, 0.15) is 41.7 Å². The molecule has 0 aliphatic heterocycles. The smallest absolute Gasteiger partial charge is 0.434 e. The lowest BCUT2D eigenvalue weighted by atomic mass is 10.2. The molecule has 0 bridgehead atoms. The molecule has 2 heterocycles. The van der Waals surface area contributed by atoms with Crippen LogP contribution in [-0.2, 0) is 6.18 Å². The first-order chi connectivity index (χ1) is 17.1. The van der Waals surface area contributed by atoms with Crippen molar-refractivity contribution in [3.05, 3.63) is 64.7 Å². The fraction of sp³-hybridized carbons (Fsp3) is 0.292. The molecule has 190 valence electrons. The van der Waals surface area contributed by atoms with E-state index in [9.17, 15) is 22.4 Å². The second kappa shape index (κ2) is 10.6. The van der Waals surface area contributed by atoms with Gasteiger partial charge in [0.25, 0.3) is 5.91 Å². The Morgan fingerprint density at radius 1 is 1.11 bits per heavy atom. The van der Waals surface area contributed by atoms with Gasteiger partial charge in [-0.25, -0.2) is 14.4 Å². The quantitative estimate of drug-likeness (QED) is 0.347. The molecule has 1 aromatic carbocycles. The topological polar surface area (TPSA) is 82.6 Å². The van der Waals surface area contributed by atoms with Gasteiger partial charge in [0.15, 0.2) is 17.2 Å². The Hall–Kier alpha value is -3.60. The molecule has 0 radical (unpaired) electrons. The SMILES string of the molecule is COc1cc(NC(=O)c2cc(Cl)c(C(F)(F)F)nc2Oc2ccc(F)cc2OC2CCCC2)ccn1. The van der Waals surface area contributed by atoms with E-state index in [1.807, 2.05) is 0 Å². The van der Waals surface area contributed by atoms with Gasteiger partial charge in [-0.3, -0.25) is 4.79 Å². The highest BCUT2D eigenvalue weighted by atomic mass is 35.5. The van der Waals surface area contributed by atoms with Gasteiger partial charge in [0.1, 0.15) is 11.4 Å². The average Bonchev–Trinajstić information content (AvgIpc) is 3.34. The molecule has 0 saturated heterocycles. The number of halogens is 5. The van der Waals surface area contributed by atoms with E-state index >= 15 is 0 Å². The third-order valence-corrected chi connectivity index (χ3v) is 5.65. The van der Waals surface area contributed by atoms with Crippen molar-refractivity contribution >= 4 is 23.2 Å². The molecule has 12 heteroatoms. The lowest BCUT2D eigenvalue weighted by Crippen LogP contribution is -2.17. The van der Waals surface area contributed by atoms with Gasteiger partial charge in [-0.2, -0.15) is 13.2 Å². The number of methoxy groups -OCH3 is 1. The summed E-state index contributed by atoms with van der Waals surface area (Å²) in [4.78, 5) is 20.5. The van der Waals surface area contributed by atoms with Crippen LogP contribution in [0.5, 0.6) is 23.3 Å². The molecule has 2 aromatic heterocycles. The molecule has 0 atom stereocenters. The highest BCUT2D eigenvalue weighted by Gasteiger charge is 2.37. The third-order valence-electron chi connectivity index (χ3n) is 5.36. The molecule has 4 rings (SSSR count). The number of rotatable bonds is 7. The first-order valence-electron chi connectivity index (χ1n) is 10.9. The first kappa shape index (κ1) is 25.5. The Bertz CT molecular complexity index is 1270. The van der Waals surface area contributed by atoms with Crippen LogP contribution in [0.25, 0.3) is 0 Å². The minimum absolute atomic E-state index is 0.0163. The van der Waals surface area contributed by atoms with Crippen LogP contribution in [0.15, 0.2) is 42.6 Å². The summed E-state index contributed by atoms with van der Waals surface area (Å²) in [5.74, 6) is -2.09. The van der Waals surface area contributed by atoms with Gasteiger partial charge in [-0.1, -0.05) is 11.6 Å². The predicted molar refractivity (Wildman–Crippen MR) is 122 cm³/mol. The minimum atomic E-state index is -4.92. The Morgan fingerprint density at radius 2 is 1.86 bits per heavy atom. The zero-order valence-corrected chi connectivity index (χ0v) is 19.6. The van der Waals surface area contributed by atoms with Crippen LogP contribution in [0.2, 0.25) is 5.02 Å². The number of nitrogens with one attached hydrogen (secondary N) is 1. The molecule has 1 N–H and O–H groups in total. The lowest BCUT2D eigenvalue weighted by Gasteiger charge is -2.18. The molecule has 1 aliphatic carbocycles. The molecule has 0 spiro atoms. The van der Waals surface area contributed by atoms with Crippen LogP contribution >= 0.6 is 11.6 Å². The monoisotopic (exact) mass is 525 g/mol. The van der Waals surface area contributed by atoms with Gasteiger partial charge < -0.3 is 19.5 Å². The van der Waals surface area contributed by atoms with Crippen molar-refractivity contribution in [2.75, 3.05) is 12.4 Å². The fourth-order valence-corrected chi connectivity index (χ4v) is 3.92. The second-order valence-corrected chi connectivity index (χ2v) is 8.33. The highest BCUT2D eigenvalue weighted by molar-refractivity contribution is 6.31. The Labute approximate surface area is 208 Å². The number of hydrogen-bond acceptors (Lipinski definition) is 6. The summed E-state index contributed by atoms with van der Waals surface area (Å²) < 4.78 is 71.0. The predicted octanol–water partition coefficient (Wildman–Crippen LogP) is 6.66. The standard InChI is InChI=1S/C24H20ClF4N3O4/c1-34-20-11-14(8-9-30-20)31-22(33)16-12-17(25)21(24(27,28)29)32-23(16)36-18-7-6-13(26)10-19(18)35-15-4-2-3-5-15/h6-12,15H,2-5H2,1H3,(H,30,31,33). The van der Waals surface area contributed by atoms with E-state index in [4.69, 9.17) is 25.8 Å². The van der Waals surface area contributed by atoms with Crippen molar-refractivity contribution in [2.45, 2.75) is 38.0 Å². The second-order valence-electron chi connectivity index (χ2n) is 7.93. The number of pyridine rings is 2. The van der Waals surface area contributed by atoms with Crippen molar-refractivity contribution in [3.63, 3.8) is 0 Å². The Balaban J connectivity index is 1.72. The average molecular weight is 526 g/mol. The number of ether oxygens (including phenoxy) is 3. The zero-order chi connectivity index (χ0) is 25.9. The van der Waals surface area contributed by atoms with Gasteiger partial charge >= 0.3 is 6.18 Å². The molecule has 1 amide bonds. The molecule has 36 heavy (non-hydrogen) atoms. The van der Waals surface area contributed by atoms with Gasteiger partial charge in [0.05, 0.1) is 18.2 Å². The van der Waals surface area contributed by atoms with Gasteiger partial charge in [0, 0.05) is 24.0 Å². The number of benzene rings is 1. The van der Waals surface area contributed by atoms with Crippen LogP contribution in [-0.4, -0.2) is 29.1 Å². The minimum Gasteiger partial charge on any atom is -0.486 e. The summed E-state index contributed by atoms with van der Waals surface area (Å²) in [7, 11) is 1.38. The van der Waals surface area contributed by atoms with Crippen molar-refractivity contribution in [1.29, 1.82) is 0 Å². The summed E-state index contributed by atoms with van der Waals surface area (Å²) in [5, 5.41) is 1.72. The molecule has 1 saturated carbocycles. The lowest BCUT2D eigenvalue weighted by molar-refractivity contribution is -0.141. The summed E-state index contributed by atoms with van der Waals surface area (Å²) in [6, 6.07) is 6.98. The van der Waals surface area contributed by atoms with Crippen LogP contribution in [0, 0.1) is 5.82 Å². The van der Waals surface area contributed by atoms with E-state index in [1.54, 1.807) is 0 Å². The maximum atomic E-state index is 13.9. The summed E-state index contributed by atoms with van der Waals surface area (Å²) in [6.45, 7) is 0. The first-order valence-corrected chi connectivity index (χ1v) is 11.2. The largest absolute Gasteiger partial charge is 0.486 e. The van der Waals surface area contributed by atoms with E-state index in [-0.39, 0.29) is 34.7 Å². The van der Waals surface area contributed by atoms with E-state index < -0.39 is 34.5 Å². The van der Waals surface area contributed by atoms with Crippen molar-refractivity contribution < 1.29 is 36.6 Å². The molecule has 3 aromatic rings. The van der Waals surface area contributed by atoms with Crippen LogP contribution < -0.4 is 19.5 Å². The number of alkyl halides is 3. The van der Waals surface area contributed by atoms with Crippen LogP contribution in [0.3, 0.4) is 0 Å². The van der Waals surface area contributed by atoms with Crippen molar-refractivity contribution in [2.24, 2.45) is 0 Å². The van der Waals surface area contributed by atoms with E-state index in [1.165, 1.54) is 31.5 Å². The highest BCUT2D eigenvalue weighted by Crippen LogP contribution is 2.40. The van der Waals surface area contributed by atoms with Crippen molar-refractivity contribution in [3.8, 4) is 23.3 Å². The molecular formula is C24H20ClF4N3O4. The number of hydrogen-bond donors (Lipinski definition) is 1. The maximum Gasteiger partial charge on any atom is 0.434 e. The number of anilines is 1. The normalized spacial score (nSPS) is 13.9. The molecule has 7 nitrogen and oxygen atoms in total. The number of carbonyl (C=O) groups excluding carboxylic acids is 1. The number of nitrogens with zero attached hydrogens (tertiary/aromatic N) is 2. The van der Waals surface area contributed by atoms with Gasteiger partial charge in [-0.05, 0) is 49.9 Å². The maximum absolute atomic E-state index is 13.9. The summed E-state index contributed by atoms with van der Waals surface area (Å²) in [5.41, 5.74) is -1.58. The summed E-state index contributed by atoms with van der Waals surface area (Å²) >= 11 is 5.83. The van der Waals surface area contributed by atoms with Gasteiger partial charge in [0.2, 0.25) is 11.8 Å². The van der Waals surface area contributed by atoms with E-state index in [0.717, 1.165) is 43.9 Å².